The molecule has 0 amide bonds. The number of rotatable bonds is 12. The first-order valence-corrected chi connectivity index (χ1v) is 11.5. The van der Waals surface area contributed by atoms with E-state index in [1.54, 1.807) is 11.8 Å². The fourth-order valence-corrected chi connectivity index (χ4v) is 5.83. The summed E-state index contributed by atoms with van der Waals surface area (Å²) < 4.78 is 6.19. The Hall–Kier alpha value is -0.360. The Bertz CT molecular complexity index is 467. The molecule has 0 spiro atoms. The fraction of sp³-hybridized carbons (Fsp3) is 0.700. The van der Waals surface area contributed by atoms with Gasteiger partial charge in [0, 0.05) is 5.75 Å². The Morgan fingerprint density at radius 3 is 2.52 bits per heavy atom. The lowest BCUT2D eigenvalue weighted by molar-refractivity contribution is 0.144. The molecular weight excluding hydrogens is 352 g/mol. The molecule has 1 fully saturated rings. The van der Waals surface area contributed by atoms with Crippen molar-refractivity contribution < 1.29 is 14.9 Å². The molecular formula is C20H32O3S2. The van der Waals surface area contributed by atoms with Crippen LogP contribution < -0.4 is 4.74 Å². The lowest BCUT2D eigenvalue weighted by Gasteiger charge is -2.10. The molecule has 3 atom stereocenters. The molecule has 1 aliphatic heterocycles. The van der Waals surface area contributed by atoms with E-state index >= 15 is 0 Å². The van der Waals surface area contributed by atoms with Gasteiger partial charge in [-0.05, 0) is 30.5 Å². The summed E-state index contributed by atoms with van der Waals surface area (Å²) in [5, 5.41) is 19.0. The van der Waals surface area contributed by atoms with Crippen LogP contribution in [0.25, 0.3) is 0 Å². The Kier molecular flexibility index (Phi) is 10.1. The quantitative estimate of drug-likeness (QED) is 0.505. The largest absolute Gasteiger partial charge is 0.494 e. The van der Waals surface area contributed by atoms with Gasteiger partial charge in [0.05, 0.1) is 29.1 Å². The van der Waals surface area contributed by atoms with Crippen molar-refractivity contribution >= 4 is 23.5 Å². The number of benzene rings is 1. The lowest BCUT2D eigenvalue weighted by atomic mass is 10.1. The number of ether oxygens (including phenoxy) is 1. The van der Waals surface area contributed by atoms with Crippen LogP contribution in [0.2, 0.25) is 0 Å². The van der Waals surface area contributed by atoms with E-state index in [1.807, 2.05) is 11.8 Å². The molecule has 1 heterocycles. The summed E-state index contributed by atoms with van der Waals surface area (Å²) in [6.45, 7) is 3.11. The van der Waals surface area contributed by atoms with Gasteiger partial charge in [0.1, 0.15) is 5.75 Å². The van der Waals surface area contributed by atoms with Gasteiger partial charge in [0.15, 0.2) is 0 Å². The van der Waals surface area contributed by atoms with Gasteiger partial charge in [-0.2, -0.15) is 0 Å². The molecule has 1 aliphatic rings. The van der Waals surface area contributed by atoms with E-state index in [9.17, 15) is 10.2 Å². The molecule has 5 heteroatoms. The molecule has 2 N–H and O–H groups in total. The maximum absolute atomic E-state index is 9.85. The average Bonchev–Trinajstić information content (AvgIpc) is 3.00. The van der Waals surface area contributed by atoms with Gasteiger partial charge in [0.25, 0.3) is 0 Å². The van der Waals surface area contributed by atoms with Crippen LogP contribution in [0, 0.1) is 0 Å². The van der Waals surface area contributed by atoms with Crippen molar-refractivity contribution in [2.45, 2.75) is 73.6 Å². The highest BCUT2D eigenvalue weighted by molar-refractivity contribution is 8.17. The zero-order valence-electron chi connectivity index (χ0n) is 15.2. The maximum Gasteiger partial charge on any atom is 0.119 e. The van der Waals surface area contributed by atoms with Crippen molar-refractivity contribution in [3.8, 4) is 5.75 Å². The highest BCUT2D eigenvalue weighted by atomic mass is 32.2. The SMILES string of the molecule is CCCCCCCCOc1ccc(CSC2C[C@H](O)[C@@H](CO)S2)cc1. The zero-order chi connectivity index (χ0) is 17.9. The Balaban J connectivity index is 1.60. The van der Waals surface area contributed by atoms with Crippen molar-refractivity contribution in [1.82, 2.24) is 0 Å². The Morgan fingerprint density at radius 1 is 1.12 bits per heavy atom. The molecule has 25 heavy (non-hydrogen) atoms. The highest BCUT2D eigenvalue weighted by Crippen LogP contribution is 2.41. The van der Waals surface area contributed by atoms with Crippen LogP contribution in [-0.2, 0) is 5.75 Å². The molecule has 142 valence electrons. The second kappa shape index (κ2) is 12.1. The number of aliphatic hydroxyl groups is 2. The minimum absolute atomic E-state index is 0.0183. The third-order valence-corrected chi connectivity index (χ3v) is 7.61. The van der Waals surface area contributed by atoms with Crippen LogP contribution in [0.1, 0.15) is 57.4 Å². The van der Waals surface area contributed by atoms with E-state index in [0.29, 0.717) is 4.58 Å². The summed E-state index contributed by atoms with van der Waals surface area (Å²) >= 11 is 3.55. The molecule has 1 aromatic carbocycles. The average molecular weight is 385 g/mol. The number of unbranched alkanes of at least 4 members (excludes halogenated alkanes) is 5. The van der Waals surface area contributed by atoms with Crippen LogP contribution in [0.15, 0.2) is 24.3 Å². The van der Waals surface area contributed by atoms with Gasteiger partial charge < -0.3 is 14.9 Å². The van der Waals surface area contributed by atoms with Crippen LogP contribution in [0.5, 0.6) is 5.75 Å². The van der Waals surface area contributed by atoms with Crippen LogP contribution in [0.3, 0.4) is 0 Å². The first-order chi connectivity index (χ1) is 12.2. The number of hydrogen-bond acceptors (Lipinski definition) is 5. The minimum Gasteiger partial charge on any atom is -0.494 e. The van der Waals surface area contributed by atoms with E-state index in [2.05, 4.69) is 31.2 Å². The molecule has 2 rings (SSSR count). The number of hydrogen-bond donors (Lipinski definition) is 2. The van der Waals surface area contributed by atoms with E-state index in [-0.39, 0.29) is 18.0 Å². The number of thioether (sulfide) groups is 2. The van der Waals surface area contributed by atoms with Gasteiger partial charge in [-0.15, -0.1) is 23.5 Å². The van der Waals surface area contributed by atoms with Crippen LogP contribution in [-0.4, -0.2) is 39.4 Å². The third kappa shape index (κ3) is 7.81. The summed E-state index contributed by atoms with van der Waals surface area (Å²) in [7, 11) is 0. The lowest BCUT2D eigenvalue weighted by Crippen LogP contribution is -2.20. The van der Waals surface area contributed by atoms with Gasteiger partial charge in [-0.1, -0.05) is 51.2 Å². The van der Waals surface area contributed by atoms with Crippen LogP contribution >= 0.6 is 23.5 Å². The van der Waals surface area contributed by atoms with Crippen molar-refractivity contribution in [1.29, 1.82) is 0 Å². The van der Waals surface area contributed by atoms with E-state index in [4.69, 9.17) is 4.74 Å². The third-order valence-electron chi connectivity index (χ3n) is 4.50. The van der Waals surface area contributed by atoms with Crippen molar-refractivity contribution in [2.75, 3.05) is 13.2 Å². The normalized spacial score (nSPS) is 23.1. The highest BCUT2D eigenvalue weighted by Gasteiger charge is 2.33. The van der Waals surface area contributed by atoms with Crippen molar-refractivity contribution in [3.63, 3.8) is 0 Å². The molecule has 1 unspecified atom stereocenters. The monoisotopic (exact) mass is 384 g/mol. The van der Waals surface area contributed by atoms with E-state index < -0.39 is 0 Å². The summed E-state index contributed by atoms with van der Waals surface area (Å²) in [6, 6.07) is 8.37. The molecule has 0 radical (unpaired) electrons. The van der Waals surface area contributed by atoms with Crippen molar-refractivity contribution in [2.24, 2.45) is 0 Å². The zero-order valence-corrected chi connectivity index (χ0v) is 16.9. The maximum atomic E-state index is 9.85. The second-order valence-corrected chi connectivity index (χ2v) is 9.60. The summed E-state index contributed by atoms with van der Waals surface area (Å²) in [5.74, 6) is 1.88. The van der Waals surface area contributed by atoms with Crippen molar-refractivity contribution in [3.05, 3.63) is 29.8 Å². The Morgan fingerprint density at radius 2 is 1.84 bits per heavy atom. The first kappa shape index (κ1) is 20.9. The summed E-state index contributed by atoms with van der Waals surface area (Å²) in [6.07, 6.45) is 8.09. The molecule has 0 bridgehead atoms. The Labute approximate surface area is 160 Å². The molecule has 0 saturated carbocycles. The standard InChI is InChI=1S/C20H32O3S2/c1-2-3-4-5-6-7-12-23-17-10-8-16(9-11-17)15-24-20-13-18(22)19(14-21)25-20/h8-11,18-22H,2-7,12-15H2,1H3/t18-,19+,20?/m0/s1. The first-order valence-electron chi connectivity index (χ1n) is 9.50. The summed E-state index contributed by atoms with van der Waals surface area (Å²) in [5.41, 5.74) is 1.28. The molecule has 1 saturated heterocycles. The van der Waals surface area contributed by atoms with E-state index in [0.717, 1.165) is 31.0 Å². The molecule has 3 nitrogen and oxygen atoms in total. The molecule has 0 aliphatic carbocycles. The predicted octanol–water partition coefficient (Wildman–Crippen LogP) is 4.84. The fourth-order valence-electron chi connectivity index (χ4n) is 2.91. The molecule has 1 aromatic rings. The summed E-state index contributed by atoms with van der Waals surface area (Å²) in [4.78, 5) is 0. The van der Waals surface area contributed by atoms with E-state index in [1.165, 1.54) is 37.7 Å². The van der Waals surface area contributed by atoms with Crippen LogP contribution in [0.4, 0.5) is 0 Å². The van der Waals surface area contributed by atoms with Gasteiger partial charge in [-0.3, -0.25) is 0 Å². The van der Waals surface area contributed by atoms with Gasteiger partial charge in [-0.25, -0.2) is 0 Å². The predicted molar refractivity (Wildman–Crippen MR) is 109 cm³/mol. The molecule has 0 aromatic heterocycles. The second-order valence-electron chi connectivity index (χ2n) is 6.66. The number of aliphatic hydroxyl groups excluding tert-OH is 2. The topological polar surface area (TPSA) is 49.7 Å². The van der Waals surface area contributed by atoms with Gasteiger partial charge in [0.2, 0.25) is 0 Å². The van der Waals surface area contributed by atoms with Gasteiger partial charge >= 0.3 is 0 Å². The smallest absolute Gasteiger partial charge is 0.119 e. The minimum atomic E-state index is -0.370.